The summed E-state index contributed by atoms with van der Waals surface area (Å²) in [4.78, 5) is 14.7. The maximum absolute atomic E-state index is 12.7. The van der Waals surface area contributed by atoms with Gasteiger partial charge in [0, 0.05) is 25.7 Å². The molecule has 3 rings (SSSR count). The van der Waals surface area contributed by atoms with Crippen molar-refractivity contribution in [2.45, 2.75) is 62.8 Å². The van der Waals surface area contributed by atoms with Crippen LogP contribution in [0.25, 0.3) is 11.4 Å². The zero-order chi connectivity index (χ0) is 19.6. The molecule has 0 aliphatic carbocycles. The molecule has 1 aromatic carbocycles. The molecule has 6 heteroatoms. The number of nitrogens with zero attached hydrogens (tertiary/aromatic N) is 4. The molecule has 1 atom stereocenters. The summed E-state index contributed by atoms with van der Waals surface area (Å²) in [5.41, 5.74) is 2.47. The Kier molecular flexibility index (Phi) is 5.94. The first-order valence-electron chi connectivity index (χ1n) is 9.73. The van der Waals surface area contributed by atoms with Crippen molar-refractivity contribution in [3.05, 3.63) is 29.8 Å². The summed E-state index contributed by atoms with van der Waals surface area (Å²) < 4.78 is 1.98. The Morgan fingerprint density at radius 3 is 2.30 bits per heavy atom. The summed E-state index contributed by atoms with van der Waals surface area (Å²) in [7, 11) is 1.97. The van der Waals surface area contributed by atoms with E-state index in [4.69, 9.17) is 0 Å². The molecule has 1 aromatic heterocycles. The standard InChI is InChI=1S/C21H30N4OS/c1-15(19(26)25-13-7-6-8-14-25)27-20-23-22-18(24(20)5)16-9-11-17(12-10-16)21(2,3)4/h9-12,15H,6-8,13-14H2,1-5H3/t15-/m1/s1. The zero-order valence-electron chi connectivity index (χ0n) is 17.0. The van der Waals surface area contributed by atoms with Crippen LogP contribution in [-0.4, -0.2) is 43.9 Å². The third-order valence-electron chi connectivity index (χ3n) is 5.14. The number of hydrogen-bond donors (Lipinski definition) is 0. The number of hydrogen-bond acceptors (Lipinski definition) is 4. The molecule has 1 saturated heterocycles. The van der Waals surface area contributed by atoms with Crippen molar-refractivity contribution in [1.82, 2.24) is 19.7 Å². The van der Waals surface area contributed by atoms with Gasteiger partial charge in [-0.15, -0.1) is 10.2 Å². The summed E-state index contributed by atoms with van der Waals surface area (Å²) >= 11 is 1.49. The molecule has 1 amide bonds. The molecule has 0 saturated carbocycles. The Hall–Kier alpha value is -1.82. The summed E-state index contributed by atoms with van der Waals surface area (Å²) in [5.74, 6) is 1.04. The smallest absolute Gasteiger partial charge is 0.235 e. The first-order chi connectivity index (χ1) is 12.8. The Bertz CT molecular complexity index is 786. The van der Waals surface area contributed by atoms with Gasteiger partial charge in [-0.3, -0.25) is 4.79 Å². The van der Waals surface area contributed by atoms with E-state index in [1.165, 1.54) is 23.7 Å². The van der Waals surface area contributed by atoms with Gasteiger partial charge >= 0.3 is 0 Å². The molecule has 2 heterocycles. The van der Waals surface area contributed by atoms with Crippen molar-refractivity contribution in [3.8, 4) is 11.4 Å². The Balaban J connectivity index is 1.72. The molecular weight excluding hydrogens is 356 g/mol. The monoisotopic (exact) mass is 386 g/mol. The fourth-order valence-corrected chi connectivity index (χ4v) is 4.27. The van der Waals surface area contributed by atoms with E-state index in [0.717, 1.165) is 42.5 Å². The highest BCUT2D eigenvalue weighted by molar-refractivity contribution is 8.00. The van der Waals surface area contributed by atoms with Crippen LogP contribution in [-0.2, 0) is 17.3 Å². The highest BCUT2D eigenvalue weighted by Gasteiger charge is 2.25. The van der Waals surface area contributed by atoms with E-state index in [-0.39, 0.29) is 16.6 Å². The van der Waals surface area contributed by atoms with Gasteiger partial charge in [0.05, 0.1) is 5.25 Å². The van der Waals surface area contributed by atoms with Crippen LogP contribution in [0.15, 0.2) is 29.4 Å². The molecular formula is C21H30N4OS. The van der Waals surface area contributed by atoms with Gasteiger partial charge in [0.1, 0.15) is 0 Å². The van der Waals surface area contributed by atoms with Crippen LogP contribution >= 0.6 is 11.8 Å². The van der Waals surface area contributed by atoms with Crippen LogP contribution in [0.4, 0.5) is 0 Å². The molecule has 146 valence electrons. The molecule has 0 bridgehead atoms. The van der Waals surface area contributed by atoms with Crippen molar-refractivity contribution < 1.29 is 4.79 Å². The lowest BCUT2D eigenvalue weighted by Crippen LogP contribution is -2.40. The van der Waals surface area contributed by atoms with Gasteiger partial charge in [-0.1, -0.05) is 56.8 Å². The van der Waals surface area contributed by atoms with Crippen LogP contribution in [0, 0.1) is 0 Å². The lowest BCUT2D eigenvalue weighted by atomic mass is 9.87. The van der Waals surface area contributed by atoms with Gasteiger partial charge in [-0.05, 0) is 37.2 Å². The maximum atomic E-state index is 12.7. The van der Waals surface area contributed by atoms with Gasteiger partial charge in [-0.25, -0.2) is 0 Å². The van der Waals surface area contributed by atoms with Gasteiger partial charge in [-0.2, -0.15) is 0 Å². The SMILES string of the molecule is C[C@@H](Sc1nnc(-c2ccc(C(C)(C)C)cc2)n1C)C(=O)N1CCCCC1. The number of carbonyl (C=O) groups excluding carboxylic acids is 1. The Labute approximate surface area is 166 Å². The second-order valence-electron chi connectivity index (χ2n) is 8.34. The number of carbonyl (C=O) groups is 1. The minimum absolute atomic E-state index is 0.129. The number of aromatic nitrogens is 3. The molecule has 27 heavy (non-hydrogen) atoms. The zero-order valence-corrected chi connectivity index (χ0v) is 17.8. The second kappa shape index (κ2) is 8.05. The van der Waals surface area contributed by atoms with Crippen LogP contribution < -0.4 is 0 Å². The maximum Gasteiger partial charge on any atom is 0.235 e. The van der Waals surface area contributed by atoms with Crippen molar-refractivity contribution in [2.75, 3.05) is 13.1 Å². The minimum Gasteiger partial charge on any atom is -0.342 e. The van der Waals surface area contributed by atoms with Gasteiger partial charge in [0.25, 0.3) is 0 Å². The third-order valence-corrected chi connectivity index (χ3v) is 6.26. The number of rotatable bonds is 4. The average Bonchev–Trinajstić information content (AvgIpc) is 3.01. The quantitative estimate of drug-likeness (QED) is 0.736. The molecule has 5 nitrogen and oxygen atoms in total. The molecule has 0 radical (unpaired) electrons. The van der Waals surface area contributed by atoms with Crippen molar-refractivity contribution in [1.29, 1.82) is 0 Å². The lowest BCUT2D eigenvalue weighted by Gasteiger charge is -2.28. The summed E-state index contributed by atoms with van der Waals surface area (Å²) in [6, 6.07) is 8.50. The van der Waals surface area contributed by atoms with E-state index in [0.29, 0.717) is 0 Å². The molecule has 0 spiro atoms. The van der Waals surface area contributed by atoms with Crippen LogP contribution in [0.2, 0.25) is 0 Å². The summed E-state index contributed by atoms with van der Waals surface area (Å²) in [6.45, 7) is 10.4. The fourth-order valence-electron chi connectivity index (χ4n) is 3.37. The van der Waals surface area contributed by atoms with E-state index < -0.39 is 0 Å². The average molecular weight is 387 g/mol. The molecule has 1 aliphatic heterocycles. The van der Waals surface area contributed by atoms with E-state index in [2.05, 4.69) is 55.2 Å². The highest BCUT2D eigenvalue weighted by atomic mass is 32.2. The van der Waals surface area contributed by atoms with E-state index in [9.17, 15) is 4.79 Å². The molecule has 1 aliphatic rings. The number of likely N-dealkylation sites (tertiary alicyclic amines) is 1. The highest BCUT2D eigenvalue weighted by Crippen LogP contribution is 2.29. The predicted octanol–water partition coefficient (Wildman–Crippen LogP) is 4.27. The number of piperidine rings is 1. The summed E-state index contributed by atoms with van der Waals surface area (Å²) in [5, 5.41) is 9.34. The molecule has 2 aromatic rings. The Morgan fingerprint density at radius 1 is 1.07 bits per heavy atom. The summed E-state index contributed by atoms with van der Waals surface area (Å²) in [6.07, 6.45) is 3.45. The lowest BCUT2D eigenvalue weighted by molar-refractivity contribution is -0.131. The van der Waals surface area contributed by atoms with Crippen LogP contribution in [0.5, 0.6) is 0 Å². The normalized spacial score (nSPS) is 16.4. The van der Waals surface area contributed by atoms with Gasteiger partial charge in [0.15, 0.2) is 11.0 Å². The van der Waals surface area contributed by atoms with Crippen molar-refractivity contribution >= 4 is 17.7 Å². The number of amides is 1. The number of benzene rings is 1. The number of thioether (sulfide) groups is 1. The third kappa shape index (κ3) is 4.54. The van der Waals surface area contributed by atoms with Crippen LogP contribution in [0.1, 0.15) is 52.5 Å². The van der Waals surface area contributed by atoms with E-state index in [1.807, 2.05) is 23.4 Å². The molecule has 1 fully saturated rings. The van der Waals surface area contributed by atoms with Gasteiger partial charge < -0.3 is 9.47 Å². The minimum atomic E-state index is -0.151. The van der Waals surface area contributed by atoms with Crippen molar-refractivity contribution in [2.24, 2.45) is 7.05 Å². The topological polar surface area (TPSA) is 51.0 Å². The second-order valence-corrected chi connectivity index (χ2v) is 9.65. The predicted molar refractivity (Wildman–Crippen MR) is 111 cm³/mol. The van der Waals surface area contributed by atoms with Crippen molar-refractivity contribution in [3.63, 3.8) is 0 Å². The Morgan fingerprint density at radius 2 is 1.70 bits per heavy atom. The fraction of sp³-hybridized carbons (Fsp3) is 0.571. The largest absolute Gasteiger partial charge is 0.342 e. The first-order valence-corrected chi connectivity index (χ1v) is 10.6. The molecule has 0 N–H and O–H groups in total. The van der Waals surface area contributed by atoms with Gasteiger partial charge in [0.2, 0.25) is 5.91 Å². The molecule has 0 unspecified atom stereocenters. The van der Waals surface area contributed by atoms with Crippen LogP contribution in [0.3, 0.4) is 0 Å². The van der Waals surface area contributed by atoms with E-state index >= 15 is 0 Å². The first kappa shape index (κ1) is 19.9. The van der Waals surface area contributed by atoms with E-state index in [1.54, 1.807) is 0 Å².